The summed E-state index contributed by atoms with van der Waals surface area (Å²) in [5.41, 5.74) is 0.355. The highest BCUT2D eigenvalue weighted by atomic mass is 32.2. The Hall–Kier alpha value is -1.03. The van der Waals surface area contributed by atoms with E-state index in [1.807, 2.05) is 0 Å². The molecule has 0 unspecified atom stereocenters. The number of rotatable bonds is 4. The van der Waals surface area contributed by atoms with Gasteiger partial charge < -0.3 is 14.8 Å². The normalized spacial score (nSPS) is 21.0. The molecule has 0 radical (unpaired) electrons. The minimum atomic E-state index is -3.51. The Balaban J connectivity index is 1.68. The molecular formula is C16H26N4O3S2. The van der Waals surface area contributed by atoms with Gasteiger partial charge in [0, 0.05) is 49.9 Å². The Labute approximate surface area is 153 Å². The number of piperidine rings is 1. The highest BCUT2D eigenvalue weighted by molar-refractivity contribution is 7.99. The lowest BCUT2D eigenvalue weighted by Gasteiger charge is -2.35. The summed E-state index contributed by atoms with van der Waals surface area (Å²) in [6.07, 6.45) is 3.32. The number of amides is 1. The number of nitrogens with one attached hydrogen (secondary N) is 1. The van der Waals surface area contributed by atoms with E-state index in [2.05, 4.69) is 24.0 Å². The molecule has 2 fully saturated rings. The smallest absolute Gasteiger partial charge is 0.270 e. The van der Waals surface area contributed by atoms with E-state index in [1.54, 1.807) is 16.7 Å². The van der Waals surface area contributed by atoms with E-state index >= 15 is 0 Å². The van der Waals surface area contributed by atoms with Gasteiger partial charge in [-0.3, -0.25) is 4.79 Å². The van der Waals surface area contributed by atoms with Crippen molar-refractivity contribution in [2.24, 2.45) is 0 Å². The van der Waals surface area contributed by atoms with Crippen LogP contribution >= 0.6 is 11.8 Å². The fourth-order valence-electron chi connectivity index (χ4n) is 3.34. The maximum absolute atomic E-state index is 12.7. The monoisotopic (exact) mass is 386 g/mol. The zero-order valence-corrected chi connectivity index (χ0v) is 16.4. The number of aromatic amines is 1. The summed E-state index contributed by atoms with van der Waals surface area (Å²) in [7, 11) is 0.604. The van der Waals surface area contributed by atoms with E-state index in [-0.39, 0.29) is 10.8 Å². The maximum atomic E-state index is 12.7. The first kappa shape index (κ1) is 18.8. The summed E-state index contributed by atoms with van der Waals surface area (Å²) in [6.45, 7) is 2.46. The van der Waals surface area contributed by atoms with Crippen LogP contribution < -0.4 is 0 Å². The summed E-state index contributed by atoms with van der Waals surface area (Å²) < 4.78 is 26.9. The third kappa shape index (κ3) is 4.05. The van der Waals surface area contributed by atoms with Gasteiger partial charge in [-0.1, -0.05) is 0 Å². The SMILES string of the molecule is CN(C)C1CCN(C(=O)c2cc(S(=O)(=O)N3CCSCC3)c[nH]2)CC1. The molecule has 3 rings (SSSR count). The van der Waals surface area contributed by atoms with Gasteiger partial charge in [0.2, 0.25) is 10.0 Å². The number of aromatic nitrogens is 1. The van der Waals surface area contributed by atoms with Gasteiger partial charge in [-0.2, -0.15) is 16.1 Å². The number of likely N-dealkylation sites (tertiary alicyclic amines) is 1. The maximum Gasteiger partial charge on any atom is 0.270 e. The van der Waals surface area contributed by atoms with Gasteiger partial charge in [-0.25, -0.2) is 8.42 Å². The van der Waals surface area contributed by atoms with Crippen molar-refractivity contribution in [3.8, 4) is 0 Å². The molecule has 2 saturated heterocycles. The van der Waals surface area contributed by atoms with E-state index < -0.39 is 10.0 Å². The summed E-state index contributed by atoms with van der Waals surface area (Å²) >= 11 is 1.76. The Bertz CT molecular complexity index is 703. The lowest BCUT2D eigenvalue weighted by atomic mass is 10.0. The number of hydrogen-bond donors (Lipinski definition) is 1. The van der Waals surface area contributed by atoms with Crippen LogP contribution in [-0.2, 0) is 10.0 Å². The van der Waals surface area contributed by atoms with Crippen LogP contribution in [-0.4, -0.2) is 91.2 Å². The van der Waals surface area contributed by atoms with Crippen molar-refractivity contribution < 1.29 is 13.2 Å². The summed E-state index contributed by atoms with van der Waals surface area (Å²) in [5, 5.41) is 0. The number of nitrogens with zero attached hydrogens (tertiary/aromatic N) is 3. The van der Waals surface area contributed by atoms with Crippen molar-refractivity contribution >= 4 is 27.7 Å². The molecule has 0 saturated carbocycles. The molecular weight excluding hydrogens is 360 g/mol. The molecule has 0 aliphatic carbocycles. The topological polar surface area (TPSA) is 76.7 Å². The molecule has 140 valence electrons. The van der Waals surface area contributed by atoms with Crippen LogP contribution in [0.5, 0.6) is 0 Å². The minimum absolute atomic E-state index is 0.118. The molecule has 0 bridgehead atoms. The second-order valence-corrected chi connectivity index (χ2v) is 9.92. The standard InChI is InChI=1S/C16H26N4O3S2/c1-18(2)13-3-5-19(6-4-13)16(21)15-11-14(12-17-15)25(22,23)20-7-9-24-10-8-20/h11-13,17H,3-10H2,1-2H3. The van der Waals surface area contributed by atoms with Crippen molar-refractivity contribution in [3.63, 3.8) is 0 Å². The minimum Gasteiger partial charge on any atom is -0.356 e. The van der Waals surface area contributed by atoms with Gasteiger partial charge in [0.1, 0.15) is 10.6 Å². The molecule has 1 aromatic heterocycles. The van der Waals surface area contributed by atoms with Crippen molar-refractivity contribution in [1.82, 2.24) is 19.1 Å². The largest absolute Gasteiger partial charge is 0.356 e. The van der Waals surface area contributed by atoms with Gasteiger partial charge in [0.05, 0.1) is 0 Å². The molecule has 1 N–H and O–H groups in total. The third-order valence-corrected chi connectivity index (χ3v) is 7.80. The Morgan fingerprint density at radius 1 is 1.20 bits per heavy atom. The van der Waals surface area contributed by atoms with Crippen LogP contribution in [0.4, 0.5) is 0 Å². The molecule has 0 spiro atoms. The van der Waals surface area contributed by atoms with Gasteiger partial charge in [0.15, 0.2) is 0 Å². The zero-order chi connectivity index (χ0) is 18.0. The molecule has 3 heterocycles. The summed E-state index contributed by atoms with van der Waals surface area (Å²) in [5.74, 6) is 1.51. The first-order chi connectivity index (χ1) is 11.9. The molecule has 7 nitrogen and oxygen atoms in total. The first-order valence-corrected chi connectivity index (χ1v) is 11.2. The molecule has 1 aromatic rings. The third-order valence-electron chi connectivity index (χ3n) is 4.98. The van der Waals surface area contributed by atoms with E-state index in [0.717, 1.165) is 24.3 Å². The highest BCUT2D eigenvalue weighted by Gasteiger charge is 2.30. The fourth-order valence-corrected chi connectivity index (χ4v) is 5.91. The number of H-pyrrole nitrogens is 1. The van der Waals surface area contributed by atoms with Gasteiger partial charge >= 0.3 is 0 Å². The second kappa shape index (κ2) is 7.69. The van der Waals surface area contributed by atoms with Crippen LogP contribution in [0.1, 0.15) is 23.3 Å². The van der Waals surface area contributed by atoms with Crippen LogP contribution in [0.2, 0.25) is 0 Å². The number of carbonyl (C=O) groups excluding carboxylic acids is 1. The Morgan fingerprint density at radius 3 is 2.44 bits per heavy atom. The first-order valence-electron chi connectivity index (χ1n) is 8.61. The number of hydrogen-bond acceptors (Lipinski definition) is 5. The van der Waals surface area contributed by atoms with E-state index in [9.17, 15) is 13.2 Å². The number of sulfonamides is 1. The van der Waals surface area contributed by atoms with Crippen molar-refractivity contribution in [2.45, 2.75) is 23.8 Å². The lowest BCUT2D eigenvalue weighted by molar-refractivity contribution is 0.0658. The second-order valence-electron chi connectivity index (χ2n) is 6.75. The molecule has 2 aliphatic rings. The average Bonchev–Trinajstić information content (AvgIpc) is 3.13. The van der Waals surface area contributed by atoms with Crippen LogP contribution in [0.25, 0.3) is 0 Å². The summed E-state index contributed by atoms with van der Waals surface area (Å²) in [4.78, 5) is 19.7. The number of carbonyl (C=O) groups is 1. The van der Waals surface area contributed by atoms with Crippen LogP contribution in [0, 0.1) is 0 Å². The van der Waals surface area contributed by atoms with E-state index in [4.69, 9.17) is 0 Å². The van der Waals surface area contributed by atoms with E-state index in [1.165, 1.54) is 16.6 Å². The molecule has 9 heteroatoms. The molecule has 25 heavy (non-hydrogen) atoms. The lowest BCUT2D eigenvalue weighted by Crippen LogP contribution is -2.44. The molecule has 0 atom stereocenters. The predicted molar refractivity (Wildman–Crippen MR) is 99.5 cm³/mol. The zero-order valence-electron chi connectivity index (χ0n) is 14.8. The quantitative estimate of drug-likeness (QED) is 0.833. The van der Waals surface area contributed by atoms with E-state index in [0.29, 0.717) is 37.9 Å². The Morgan fingerprint density at radius 2 is 1.84 bits per heavy atom. The van der Waals surface area contributed by atoms with Gasteiger partial charge in [0.25, 0.3) is 5.91 Å². The summed E-state index contributed by atoms with van der Waals surface area (Å²) in [6, 6.07) is 1.98. The van der Waals surface area contributed by atoms with Gasteiger partial charge in [-0.15, -0.1) is 0 Å². The van der Waals surface area contributed by atoms with Gasteiger partial charge in [-0.05, 0) is 33.0 Å². The Kier molecular flexibility index (Phi) is 5.77. The average molecular weight is 387 g/mol. The molecule has 2 aliphatic heterocycles. The fraction of sp³-hybridized carbons (Fsp3) is 0.688. The molecule has 0 aromatic carbocycles. The van der Waals surface area contributed by atoms with Crippen LogP contribution in [0.3, 0.4) is 0 Å². The van der Waals surface area contributed by atoms with Crippen molar-refractivity contribution in [2.75, 3.05) is 51.8 Å². The predicted octanol–water partition coefficient (Wildman–Crippen LogP) is 0.918. The molecule has 1 amide bonds. The highest BCUT2D eigenvalue weighted by Crippen LogP contribution is 2.22. The van der Waals surface area contributed by atoms with Crippen molar-refractivity contribution in [3.05, 3.63) is 18.0 Å². The van der Waals surface area contributed by atoms with Crippen molar-refractivity contribution in [1.29, 1.82) is 0 Å². The number of thioether (sulfide) groups is 1. The van der Waals surface area contributed by atoms with Crippen LogP contribution in [0.15, 0.2) is 17.2 Å².